The number of hydrogen-bond donors (Lipinski definition) is 1. The van der Waals surface area contributed by atoms with Crippen molar-refractivity contribution in [1.82, 2.24) is 0 Å². The summed E-state index contributed by atoms with van der Waals surface area (Å²) >= 11 is 0. The monoisotopic (exact) mass is 357 g/mol. The summed E-state index contributed by atoms with van der Waals surface area (Å²) in [7, 11) is 0. The van der Waals surface area contributed by atoms with E-state index in [-0.39, 0.29) is 12.0 Å². The molecule has 4 aliphatic rings. The first-order valence-corrected chi connectivity index (χ1v) is 10.6. The van der Waals surface area contributed by atoms with Crippen LogP contribution >= 0.6 is 0 Å². The van der Waals surface area contributed by atoms with Crippen LogP contribution in [0, 0.1) is 28.1 Å². The van der Waals surface area contributed by atoms with E-state index in [1.54, 1.807) is 5.57 Å². The van der Waals surface area contributed by atoms with Crippen molar-refractivity contribution < 1.29 is 14.8 Å². The maximum atomic E-state index is 11.0. The molecule has 3 unspecified atom stereocenters. The molecule has 0 aromatic heterocycles. The Labute approximate surface area is 158 Å². The fourth-order valence-electron chi connectivity index (χ4n) is 7.78. The highest BCUT2D eigenvalue weighted by Gasteiger charge is 2.60. The van der Waals surface area contributed by atoms with Crippen LogP contribution in [0.5, 0.6) is 0 Å². The molecule has 0 aromatic rings. The highest BCUT2D eigenvalue weighted by molar-refractivity contribution is 5.65. The van der Waals surface area contributed by atoms with E-state index < -0.39 is 5.97 Å². The predicted molar refractivity (Wildman–Crippen MR) is 101 cm³/mol. The standard InChI is InChI=1S/C23H35NO2/c1-21(2)10-5-11-23(4)18(21)8-12-22(3)17-9-13-24(15-20(25)26)14-16(17)6-7-19(22)23/h9,14,18-19H,5-8,10-13,15H2,1-4H3,(H,25,26)/t18?,19?,22-,23-/m0/s1. The zero-order chi connectivity index (χ0) is 18.7. The fourth-order valence-corrected chi connectivity index (χ4v) is 7.78. The molecule has 1 N–H and O–H groups in total. The van der Waals surface area contributed by atoms with Gasteiger partial charge in [-0.05, 0) is 78.3 Å². The molecular formula is C23H35NO2. The molecule has 0 spiro atoms. The SMILES string of the molecule is CC1(C)CCC[C@@]2(C)C1CC[C@@]1(C)C3=CC[NH+](CC(=O)[O-])C=C3CCC21. The molecule has 1 heterocycles. The number of fused-ring (bicyclic) bond motifs is 5. The lowest BCUT2D eigenvalue weighted by Gasteiger charge is -2.64. The summed E-state index contributed by atoms with van der Waals surface area (Å²) in [5, 5.41) is 11.0. The Bertz CT molecular complexity index is 676. The molecule has 3 heteroatoms. The van der Waals surface area contributed by atoms with Gasteiger partial charge in [0.15, 0.2) is 0 Å². The zero-order valence-electron chi connectivity index (χ0n) is 17.0. The number of rotatable bonds is 2. The summed E-state index contributed by atoms with van der Waals surface area (Å²) < 4.78 is 0. The normalized spacial score (nSPS) is 44.1. The van der Waals surface area contributed by atoms with Crippen molar-refractivity contribution in [2.75, 3.05) is 13.1 Å². The Morgan fingerprint density at radius 1 is 1.15 bits per heavy atom. The van der Waals surface area contributed by atoms with Crippen LogP contribution in [0.3, 0.4) is 0 Å². The van der Waals surface area contributed by atoms with Gasteiger partial charge in [-0.25, -0.2) is 0 Å². The van der Waals surface area contributed by atoms with Gasteiger partial charge in [0.05, 0.1) is 12.2 Å². The van der Waals surface area contributed by atoms with Gasteiger partial charge in [-0.3, -0.25) is 0 Å². The molecule has 5 atom stereocenters. The molecule has 144 valence electrons. The molecule has 0 saturated heterocycles. The predicted octanol–water partition coefficient (Wildman–Crippen LogP) is 2.49. The molecule has 1 aliphatic heterocycles. The minimum Gasteiger partial charge on any atom is -0.544 e. The van der Waals surface area contributed by atoms with Crippen LogP contribution in [0.2, 0.25) is 0 Å². The smallest absolute Gasteiger partial charge is 0.122 e. The largest absolute Gasteiger partial charge is 0.544 e. The molecule has 0 amide bonds. The van der Waals surface area contributed by atoms with Crippen molar-refractivity contribution in [2.45, 2.75) is 72.6 Å². The molecule has 26 heavy (non-hydrogen) atoms. The van der Waals surface area contributed by atoms with E-state index in [1.807, 2.05) is 0 Å². The Morgan fingerprint density at radius 2 is 1.92 bits per heavy atom. The highest BCUT2D eigenvalue weighted by Crippen LogP contribution is 2.68. The number of carboxylic acids is 1. The van der Waals surface area contributed by atoms with Crippen molar-refractivity contribution in [3.8, 4) is 0 Å². The maximum absolute atomic E-state index is 11.0. The first-order chi connectivity index (χ1) is 12.2. The zero-order valence-corrected chi connectivity index (χ0v) is 17.0. The minimum absolute atomic E-state index is 0.0847. The van der Waals surface area contributed by atoms with E-state index in [9.17, 15) is 9.90 Å². The fraction of sp³-hybridized carbons (Fsp3) is 0.783. The number of quaternary nitrogens is 1. The van der Waals surface area contributed by atoms with Crippen LogP contribution in [0.4, 0.5) is 0 Å². The third-order valence-electron chi connectivity index (χ3n) is 8.78. The van der Waals surface area contributed by atoms with Gasteiger partial charge in [-0.1, -0.05) is 34.1 Å². The second kappa shape index (κ2) is 5.95. The van der Waals surface area contributed by atoms with Crippen molar-refractivity contribution >= 4 is 5.97 Å². The van der Waals surface area contributed by atoms with Gasteiger partial charge in [0.2, 0.25) is 0 Å². The van der Waals surface area contributed by atoms with Crippen LogP contribution in [-0.2, 0) is 4.79 Å². The Hall–Kier alpha value is -1.09. The van der Waals surface area contributed by atoms with E-state index in [0.717, 1.165) is 29.7 Å². The molecule has 3 saturated carbocycles. The Kier molecular flexibility index (Phi) is 4.19. The van der Waals surface area contributed by atoms with Gasteiger partial charge in [0, 0.05) is 5.57 Å². The van der Waals surface area contributed by atoms with Crippen LogP contribution in [-0.4, -0.2) is 19.1 Å². The number of allylic oxidation sites excluding steroid dienone is 2. The van der Waals surface area contributed by atoms with E-state index >= 15 is 0 Å². The lowest BCUT2D eigenvalue weighted by molar-refractivity contribution is -0.836. The van der Waals surface area contributed by atoms with Crippen LogP contribution in [0.15, 0.2) is 23.4 Å². The van der Waals surface area contributed by atoms with E-state index in [4.69, 9.17) is 0 Å². The lowest BCUT2D eigenvalue weighted by Crippen LogP contribution is -3.09. The Morgan fingerprint density at radius 3 is 2.65 bits per heavy atom. The summed E-state index contributed by atoms with van der Waals surface area (Å²) in [5.74, 6) is 0.655. The summed E-state index contributed by atoms with van der Waals surface area (Å²) in [6.45, 7) is 11.0. The van der Waals surface area contributed by atoms with Gasteiger partial charge >= 0.3 is 0 Å². The third kappa shape index (κ3) is 2.61. The van der Waals surface area contributed by atoms with Crippen molar-refractivity contribution in [3.05, 3.63) is 23.4 Å². The molecular weight excluding hydrogens is 322 g/mol. The number of carboxylic acid groups (broad SMARTS) is 1. The Balaban J connectivity index is 1.66. The number of aliphatic carboxylic acids is 1. The average molecular weight is 358 g/mol. The van der Waals surface area contributed by atoms with Gasteiger partial charge < -0.3 is 14.8 Å². The van der Waals surface area contributed by atoms with Gasteiger partial charge in [-0.15, -0.1) is 0 Å². The first-order valence-electron chi connectivity index (χ1n) is 10.6. The molecule has 0 aromatic carbocycles. The first kappa shape index (κ1) is 18.3. The second-order valence-electron chi connectivity index (χ2n) is 10.6. The second-order valence-corrected chi connectivity index (χ2v) is 10.6. The summed E-state index contributed by atoms with van der Waals surface area (Å²) in [6, 6.07) is 0. The van der Waals surface area contributed by atoms with Gasteiger partial charge in [0.1, 0.15) is 13.1 Å². The third-order valence-corrected chi connectivity index (χ3v) is 8.78. The number of carbonyl (C=O) groups is 1. The summed E-state index contributed by atoms with van der Waals surface area (Å²) in [5.41, 5.74) is 4.18. The van der Waals surface area contributed by atoms with Gasteiger partial charge in [0.25, 0.3) is 0 Å². The van der Waals surface area contributed by atoms with Gasteiger partial charge in [-0.2, -0.15) is 0 Å². The highest BCUT2D eigenvalue weighted by atomic mass is 16.4. The van der Waals surface area contributed by atoms with Crippen LogP contribution in [0.1, 0.15) is 72.6 Å². The maximum Gasteiger partial charge on any atom is 0.122 e. The van der Waals surface area contributed by atoms with E-state index in [2.05, 4.69) is 40.0 Å². The van der Waals surface area contributed by atoms with Crippen LogP contribution < -0.4 is 10.0 Å². The number of carbonyl (C=O) groups excluding carboxylic acids is 1. The molecule has 3 nitrogen and oxygen atoms in total. The lowest BCUT2D eigenvalue weighted by atomic mass is 9.40. The molecule has 3 aliphatic carbocycles. The molecule has 0 radical (unpaired) electrons. The van der Waals surface area contributed by atoms with E-state index in [0.29, 0.717) is 10.8 Å². The molecule has 4 rings (SSSR count). The average Bonchev–Trinajstić information content (AvgIpc) is 2.52. The van der Waals surface area contributed by atoms with E-state index in [1.165, 1.54) is 44.1 Å². The molecule has 3 fully saturated rings. The molecule has 0 bridgehead atoms. The van der Waals surface area contributed by atoms with Crippen LogP contribution in [0.25, 0.3) is 0 Å². The van der Waals surface area contributed by atoms with Crippen molar-refractivity contribution in [1.29, 1.82) is 0 Å². The minimum atomic E-state index is -0.953. The summed E-state index contributed by atoms with van der Waals surface area (Å²) in [4.78, 5) is 12.0. The quantitative estimate of drug-likeness (QED) is 0.825. The number of nitrogens with one attached hydrogen (secondary N) is 1. The van der Waals surface area contributed by atoms with Crippen molar-refractivity contribution in [3.63, 3.8) is 0 Å². The summed E-state index contributed by atoms with van der Waals surface area (Å²) in [6.07, 6.45) is 13.7. The van der Waals surface area contributed by atoms with Crippen molar-refractivity contribution in [2.24, 2.45) is 28.1 Å². The number of hydrogen-bond acceptors (Lipinski definition) is 2. The topological polar surface area (TPSA) is 44.6 Å².